The molecule has 7 atom stereocenters. The molecule has 0 radical (unpaired) electrons. The fourth-order valence-electron chi connectivity index (χ4n) is 8.58. The normalized spacial score (nSPS) is 19.9. The fraction of sp³-hybridized carbons (Fsp3) is 0.677. The number of rotatable bonds is 49. The van der Waals surface area contributed by atoms with Gasteiger partial charge in [-0.05, 0) is 103 Å². The molecule has 422 valence electrons. The van der Waals surface area contributed by atoms with Gasteiger partial charge in [-0.25, -0.2) is 0 Å². The highest BCUT2D eigenvalue weighted by Crippen LogP contribution is 2.23. The zero-order valence-electron chi connectivity index (χ0n) is 46.8. The summed E-state index contributed by atoms with van der Waals surface area (Å²) in [6.45, 7) is 3.63. The number of aliphatic hydroxyl groups excluding tert-OH is 5. The molecule has 9 nitrogen and oxygen atoms in total. The highest BCUT2D eigenvalue weighted by Gasteiger charge is 2.44. The first-order chi connectivity index (χ1) is 36.3. The van der Waals surface area contributed by atoms with E-state index in [-0.39, 0.29) is 12.5 Å². The van der Waals surface area contributed by atoms with Crippen molar-refractivity contribution < 1.29 is 39.8 Å². The lowest BCUT2D eigenvalue weighted by Crippen LogP contribution is -2.60. The minimum atomic E-state index is -1.58. The lowest BCUT2D eigenvalue weighted by atomic mass is 9.99. The largest absolute Gasteiger partial charge is 0.394 e. The lowest BCUT2D eigenvalue weighted by Gasteiger charge is -2.40. The maximum absolute atomic E-state index is 13.1. The molecule has 0 bridgehead atoms. The van der Waals surface area contributed by atoms with E-state index >= 15 is 0 Å². The summed E-state index contributed by atoms with van der Waals surface area (Å²) in [5, 5.41) is 54.5. The third-order valence-electron chi connectivity index (χ3n) is 13.2. The summed E-state index contributed by atoms with van der Waals surface area (Å²) in [7, 11) is 0. The van der Waals surface area contributed by atoms with Gasteiger partial charge in [0, 0.05) is 6.42 Å². The average molecular weight is 1030 g/mol. The first kappa shape index (κ1) is 68.6. The Morgan fingerprint density at radius 2 is 0.851 bits per heavy atom. The van der Waals surface area contributed by atoms with E-state index in [1.54, 1.807) is 6.08 Å². The number of ether oxygens (including phenoxy) is 2. The second-order valence-electron chi connectivity index (χ2n) is 20.0. The van der Waals surface area contributed by atoms with E-state index in [2.05, 4.69) is 129 Å². The van der Waals surface area contributed by atoms with Gasteiger partial charge in [-0.2, -0.15) is 0 Å². The van der Waals surface area contributed by atoms with E-state index in [0.717, 1.165) is 109 Å². The zero-order valence-corrected chi connectivity index (χ0v) is 46.8. The first-order valence-electron chi connectivity index (χ1n) is 29.8. The molecule has 0 spiro atoms. The van der Waals surface area contributed by atoms with Crippen LogP contribution in [0.4, 0.5) is 0 Å². The second-order valence-corrected chi connectivity index (χ2v) is 20.0. The third-order valence-corrected chi connectivity index (χ3v) is 13.2. The number of hydrogen-bond donors (Lipinski definition) is 6. The predicted octanol–water partition coefficient (Wildman–Crippen LogP) is 15.1. The van der Waals surface area contributed by atoms with Crippen molar-refractivity contribution >= 4 is 5.91 Å². The number of carbonyl (C=O) groups excluding carboxylic acids is 1. The molecule has 1 aliphatic rings. The molecule has 1 amide bonds. The molecule has 7 unspecified atom stereocenters. The molecule has 1 aliphatic heterocycles. The van der Waals surface area contributed by atoms with E-state index < -0.39 is 49.5 Å². The summed E-state index contributed by atoms with van der Waals surface area (Å²) in [4.78, 5) is 13.1. The van der Waals surface area contributed by atoms with Crippen molar-refractivity contribution in [1.29, 1.82) is 0 Å². The minimum Gasteiger partial charge on any atom is -0.394 e. The maximum atomic E-state index is 13.1. The molecule has 1 heterocycles. The Balaban J connectivity index is 2.22. The number of allylic oxidation sites excluding steroid dienone is 19. The smallest absolute Gasteiger partial charge is 0.220 e. The van der Waals surface area contributed by atoms with Crippen LogP contribution in [0.1, 0.15) is 226 Å². The van der Waals surface area contributed by atoms with Crippen molar-refractivity contribution in [2.75, 3.05) is 13.2 Å². The summed E-state index contributed by atoms with van der Waals surface area (Å²) < 4.78 is 11.2. The molecule has 1 fully saturated rings. The van der Waals surface area contributed by atoms with Gasteiger partial charge in [-0.1, -0.05) is 238 Å². The summed E-state index contributed by atoms with van der Waals surface area (Å²) in [5.41, 5.74) is 0. The monoisotopic (exact) mass is 1030 g/mol. The summed E-state index contributed by atoms with van der Waals surface area (Å²) in [5.74, 6) is -0.199. The number of amides is 1. The van der Waals surface area contributed by atoms with Crippen molar-refractivity contribution in [3.63, 3.8) is 0 Å². The molecule has 9 heteroatoms. The predicted molar refractivity (Wildman–Crippen MR) is 313 cm³/mol. The molecule has 1 saturated heterocycles. The standard InChI is InChI=1S/C65H109NO8/c1-3-5-7-9-11-13-15-17-19-21-23-24-25-26-27-28-29-30-31-32-33-34-35-36-37-39-41-43-45-47-49-51-53-55-61(69)66-58(57-73-65-64(72)63(71)62(70)60(56-67)74-65)59(68)54-52-50-48-46-44-42-40-38-22-20-18-16-14-12-10-8-6-4-2/h5,7,11,13,17,19,22-24,26-27,29-30,32-33,38,44,46,52,54,58-60,62-65,67-68,70-72H,3-4,6,8-10,12,14-16,18,20-21,25,28,31,34-37,39-43,45,47-51,53,55-57H2,1-2H3,(H,66,69)/b7-5-,13-11-,19-17-,24-23-,27-26-,30-29-,33-32-,38-22+,46-44+,54-52+. The Bertz CT molecular complexity index is 1570. The molecule has 0 saturated carbocycles. The van der Waals surface area contributed by atoms with Crippen molar-refractivity contribution in [1.82, 2.24) is 5.32 Å². The van der Waals surface area contributed by atoms with Crippen molar-refractivity contribution in [2.24, 2.45) is 0 Å². The molecule has 0 aromatic rings. The molecule has 0 aromatic heterocycles. The minimum absolute atomic E-state index is 0.199. The Hall–Kier alpha value is -3.41. The number of hydrogen-bond acceptors (Lipinski definition) is 8. The highest BCUT2D eigenvalue weighted by molar-refractivity contribution is 5.76. The Morgan fingerprint density at radius 3 is 1.30 bits per heavy atom. The van der Waals surface area contributed by atoms with Gasteiger partial charge in [0.2, 0.25) is 5.91 Å². The molecule has 6 N–H and O–H groups in total. The van der Waals surface area contributed by atoms with Gasteiger partial charge in [-0.3, -0.25) is 4.79 Å². The molecular formula is C65H109NO8. The lowest BCUT2D eigenvalue weighted by molar-refractivity contribution is -0.302. The number of carbonyl (C=O) groups is 1. The van der Waals surface area contributed by atoms with Crippen LogP contribution < -0.4 is 5.32 Å². The van der Waals surface area contributed by atoms with Gasteiger partial charge in [0.25, 0.3) is 0 Å². The molecule has 0 aliphatic carbocycles. The molecule has 0 aromatic carbocycles. The Labute approximate surface area is 452 Å². The van der Waals surface area contributed by atoms with E-state index in [9.17, 15) is 30.3 Å². The van der Waals surface area contributed by atoms with Crippen LogP contribution in [0.2, 0.25) is 0 Å². The van der Waals surface area contributed by atoms with Crippen LogP contribution in [0, 0.1) is 0 Å². The quantitative estimate of drug-likeness (QED) is 0.0261. The first-order valence-corrected chi connectivity index (χ1v) is 29.8. The van der Waals surface area contributed by atoms with Crippen LogP contribution in [0.25, 0.3) is 0 Å². The van der Waals surface area contributed by atoms with Crippen LogP contribution in [0.5, 0.6) is 0 Å². The SMILES string of the molecule is CC/C=C\C/C=C\C/C=C\C/C=C\C/C=C\C/C=C\C/C=C\CCCCCCCCCCCCCC(=O)NC(COC1OC(CO)C(O)C(O)C1O)C(O)/C=C/CC/C=C/CC/C=C/CCCCCCCCCC. The molecular weight excluding hydrogens is 923 g/mol. The number of aliphatic hydroxyl groups is 5. The van der Waals surface area contributed by atoms with E-state index in [0.29, 0.717) is 6.42 Å². The van der Waals surface area contributed by atoms with Gasteiger partial charge in [-0.15, -0.1) is 0 Å². The highest BCUT2D eigenvalue weighted by atomic mass is 16.7. The summed E-state index contributed by atoms with van der Waals surface area (Å²) >= 11 is 0. The topological polar surface area (TPSA) is 149 Å². The Morgan fingerprint density at radius 1 is 0.473 bits per heavy atom. The van der Waals surface area contributed by atoms with E-state index in [1.165, 1.54) is 96.3 Å². The van der Waals surface area contributed by atoms with Crippen LogP contribution in [-0.2, 0) is 14.3 Å². The van der Waals surface area contributed by atoms with Gasteiger partial charge in [0.1, 0.15) is 24.4 Å². The van der Waals surface area contributed by atoms with Crippen LogP contribution >= 0.6 is 0 Å². The maximum Gasteiger partial charge on any atom is 0.220 e. The third kappa shape index (κ3) is 41.8. The van der Waals surface area contributed by atoms with Crippen molar-refractivity contribution in [3.05, 3.63) is 122 Å². The van der Waals surface area contributed by atoms with Crippen LogP contribution in [0.15, 0.2) is 122 Å². The Kier molecular flexibility index (Phi) is 49.1. The fourth-order valence-corrected chi connectivity index (χ4v) is 8.58. The van der Waals surface area contributed by atoms with Crippen LogP contribution in [-0.4, -0.2) is 87.5 Å². The van der Waals surface area contributed by atoms with Gasteiger partial charge >= 0.3 is 0 Å². The van der Waals surface area contributed by atoms with Gasteiger partial charge in [0.05, 0.1) is 25.4 Å². The van der Waals surface area contributed by atoms with E-state index in [4.69, 9.17) is 9.47 Å². The molecule has 74 heavy (non-hydrogen) atoms. The summed E-state index contributed by atoms with van der Waals surface area (Å²) in [6.07, 6.45) is 72.6. The number of unbranched alkanes of at least 4 members (excludes halogenated alkanes) is 21. The van der Waals surface area contributed by atoms with E-state index in [1.807, 2.05) is 6.08 Å². The summed E-state index contributed by atoms with van der Waals surface area (Å²) in [6, 6.07) is -0.838. The van der Waals surface area contributed by atoms with Gasteiger partial charge in [0.15, 0.2) is 6.29 Å². The van der Waals surface area contributed by atoms with Crippen molar-refractivity contribution in [3.8, 4) is 0 Å². The second kappa shape index (κ2) is 53.0. The zero-order chi connectivity index (χ0) is 53.6. The van der Waals surface area contributed by atoms with Gasteiger partial charge < -0.3 is 40.3 Å². The number of nitrogens with one attached hydrogen (secondary N) is 1. The average Bonchev–Trinajstić information content (AvgIpc) is 3.40. The van der Waals surface area contributed by atoms with Crippen molar-refractivity contribution in [2.45, 2.75) is 269 Å². The molecule has 1 rings (SSSR count). The van der Waals surface area contributed by atoms with Crippen LogP contribution in [0.3, 0.4) is 0 Å².